The summed E-state index contributed by atoms with van der Waals surface area (Å²) in [5, 5.41) is 16.0. The number of hydrogen-bond acceptors (Lipinski definition) is 10. The number of hydrogen-bond donors (Lipinski definition) is 2. The van der Waals surface area contributed by atoms with Crippen LogP contribution in [0.3, 0.4) is 0 Å². The van der Waals surface area contributed by atoms with Crippen LogP contribution in [-0.4, -0.2) is 87.1 Å². The molecule has 2 fully saturated rings. The topological polar surface area (TPSA) is 191 Å². The molecule has 4 rings (SSSR count). The molecule has 3 aliphatic rings. The van der Waals surface area contributed by atoms with Crippen LogP contribution in [0.5, 0.6) is 0 Å². The minimum absolute atomic E-state index is 0.00551. The zero-order chi connectivity index (χ0) is 31.9. The van der Waals surface area contributed by atoms with E-state index in [-0.39, 0.29) is 53.5 Å². The monoisotopic (exact) mass is 637 g/mol. The summed E-state index contributed by atoms with van der Waals surface area (Å²) in [5.41, 5.74) is 0.320. The molecule has 16 heteroatoms. The van der Waals surface area contributed by atoms with Gasteiger partial charge in [-0.3, -0.25) is 19.8 Å². The number of non-ortho nitro benzene ring substituents is 1. The van der Waals surface area contributed by atoms with E-state index in [2.05, 4.69) is 25.5 Å². The number of carbonyl (C=O) groups is 3. The van der Waals surface area contributed by atoms with E-state index in [4.69, 9.17) is 14.3 Å². The third kappa shape index (κ3) is 6.58. The number of nitrogens with two attached hydrogens (primary N) is 1. The van der Waals surface area contributed by atoms with Gasteiger partial charge in [0, 0.05) is 43.7 Å². The molecular formula is C27H39N5O9SSi. The molecule has 3 N–H and O–H groups in total. The quantitative estimate of drug-likeness (QED) is 0.0806. The number of nitro benzene ring substituents is 1. The highest BCUT2D eigenvalue weighted by Gasteiger charge is 2.61. The number of esters is 2. The fraction of sp³-hybridized carbons (Fsp3) is 0.593. The number of nitrogens with one attached hydrogen (secondary N) is 1. The van der Waals surface area contributed by atoms with Gasteiger partial charge in [0.1, 0.15) is 5.70 Å². The van der Waals surface area contributed by atoms with E-state index in [0.29, 0.717) is 18.7 Å². The molecule has 236 valence electrons. The number of likely N-dealkylation sites (tertiary alicyclic amines) is 1. The molecule has 1 amide bonds. The molecule has 4 atom stereocenters. The third-order valence-electron chi connectivity index (χ3n) is 9.04. The number of carbonyl (C=O) groups excluding carboxylic acids is 3. The molecule has 14 nitrogen and oxygen atoms in total. The van der Waals surface area contributed by atoms with Crippen molar-refractivity contribution in [2.45, 2.75) is 70.9 Å². The van der Waals surface area contributed by atoms with Crippen LogP contribution in [0.4, 0.5) is 5.69 Å². The van der Waals surface area contributed by atoms with Gasteiger partial charge in [-0.1, -0.05) is 27.7 Å². The number of benzene rings is 1. The Hall–Kier alpha value is -3.02. The maximum atomic E-state index is 13.6. The molecule has 0 radical (unpaired) electrons. The number of ether oxygens (including phenoxy) is 1. The third-order valence-corrected chi connectivity index (χ3v) is 14.4. The van der Waals surface area contributed by atoms with Crippen LogP contribution in [0, 0.1) is 22.0 Å². The van der Waals surface area contributed by atoms with Gasteiger partial charge in [-0.05, 0) is 42.8 Å². The number of amides is 1. The maximum absolute atomic E-state index is 13.6. The standard InChI is InChI=1S/C27H39N5O9SSi/c1-6-43(7-2,8-3)41-17(5)22-23-16(4)21(15-30-13-19(14-30)29-42(28,38)39)24(31(23)25(22)33)27(35)40-26(34)18-9-11-20(12-10-18)32(36)37/h9-12,16-17,19,22-23,29H,6-8,13-15H2,1-5H3,(H2,28,38,39)/t16-,17+,22?,23+/m0/s1. The zero-order valence-corrected chi connectivity index (χ0v) is 26.8. The lowest BCUT2D eigenvalue weighted by atomic mass is 9.77. The van der Waals surface area contributed by atoms with Crippen molar-refractivity contribution < 1.29 is 36.9 Å². The van der Waals surface area contributed by atoms with Crippen LogP contribution < -0.4 is 9.86 Å². The zero-order valence-electron chi connectivity index (χ0n) is 24.9. The van der Waals surface area contributed by atoms with E-state index < -0.39 is 41.3 Å². The molecule has 1 aromatic rings. The molecule has 43 heavy (non-hydrogen) atoms. The number of nitro groups is 1. The lowest BCUT2D eigenvalue weighted by Crippen LogP contribution is -2.65. The summed E-state index contributed by atoms with van der Waals surface area (Å²) in [5.74, 6) is -3.03. The van der Waals surface area contributed by atoms with Crippen molar-refractivity contribution in [1.29, 1.82) is 0 Å². The van der Waals surface area contributed by atoms with Gasteiger partial charge >= 0.3 is 11.9 Å². The van der Waals surface area contributed by atoms with Crippen molar-refractivity contribution in [1.82, 2.24) is 14.5 Å². The van der Waals surface area contributed by atoms with Crippen molar-refractivity contribution >= 4 is 42.1 Å². The van der Waals surface area contributed by atoms with E-state index >= 15 is 0 Å². The maximum Gasteiger partial charge on any atom is 0.362 e. The first-order valence-corrected chi connectivity index (χ1v) is 18.5. The van der Waals surface area contributed by atoms with Crippen LogP contribution in [0.25, 0.3) is 0 Å². The second kappa shape index (κ2) is 12.5. The van der Waals surface area contributed by atoms with Crippen LogP contribution in [-0.2, 0) is 29.0 Å². The van der Waals surface area contributed by atoms with Crippen molar-refractivity contribution in [3.8, 4) is 0 Å². The van der Waals surface area contributed by atoms with Crippen molar-refractivity contribution in [2.75, 3.05) is 19.6 Å². The molecule has 2 saturated heterocycles. The van der Waals surface area contributed by atoms with Gasteiger partial charge in [0.05, 0.1) is 28.6 Å². The number of β-lactam (4-membered cyclic amide) rings is 1. The molecular weight excluding hydrogens is 598 g/mol. The van der Waals surface area contributed by atoms with Gasteiger partial charge in [0.25, 0.3) is 15.9 Å². The van der Waals surface area contributed by atoms with Gasteiger partial charge in [-0.2, -0.15) is 13.1 Å². The first-order valence-electron chi connectivity index (χ1n) is 14.4. The van der Waals surface area contributed by atoms with E-state index in [1.54, 1.807) is 0 Å². The normalized spacial score (nSPS) is 23.4. The average molecular weight is 638 g/mol. The summed E-state index contributed by atoms with van der Waals surface area (Å²) in [4.78, 5) is 53.7. The summed E-state index contributed by atoms with van der Waals surface area (Å²) in [6.45, 7) is 11.1. The number of nitrogens with zero attached hydrogens (tertiary/aromatic N) is 3. The summed E-state index contributed by atoms with van der Waals surface area (Å²) >= 11 is 0. The van der Waals surface area contributed by atoms with Gasteiger partial charge in [0.15, 0.2) is 8.32 Å². The highest BCUT2D eigenvalue weighted by atomic mass is 32.2. The van der Waals surface area contributed by atoms with Crippen molar-refractivity contribution in [3.63, 3.8) is 0 Å². The summed E-state index contributed by atoms with van der Waals surface area (Å²) in [6.07, 6.45) is -0.367. The largest absolute Gasteiger partial charge is 0.413 e. The van der Waals surface area contributed by atoms with Crippen LogP contribution in [0.1, 0.15) is 45.0 Å². The summed E-state index contributed by atoms with van der Waals surface area (Å²) in [6, 6.07) is 6.65. The molecule has 1 aromatic carbocycles. The van der Waals surface area contributed by atoms with Gasteiger partial charge in [0.2, 0.25) is 5.91 Å². The minimum Gasteiger partial charge on any atom is -0.413 e. The Morgan fingerprint density at radius 3 is 2.23 bits per heavy atom. The number of rotatable bonds is 13. The first-order chi connectivity index (χ1) is 20.1. The Morgan fingerprint density at radius 1 is 1.14 bits per heavy atom. The summed E-state index contributed by atoms with van der Waals surface area (Å²) < 4.78 is 37.0. The van der Waals surface area contributed by atoms with Crippen molar-refractivity contribution in [3.05, 3.63) is 51.2 Å². The predicted octanol–water partition coefficient (Wildman–Crippen LogP) is 1.90. The van der Waals surface area contributed by atoms with Gasteiger partial charge in [-0.15, -0.1) is 0 Å². The second-order valence-electron chi connectivity index (χ2n) is 11.5. The Kier molecular flexibility index (Phi) is 9.58. The van der Waals surface area contributed by atoms with E-state index in [1.807, 2.05) is 18.7 Å². The first kappa shape index (κ1) is 32.9. The van der Waals surface area contributed by atoms with Crippen molar-refractivity contribution in [2.24, 2.45) is 17.0 Å². The lowest BCUT2D eigenvalue weighted by molar-refractivity contribution is -0.384. The highest BCUT2D eigenvalue weighted by molar-refractivity contribution is 7.87. The van der Waals surface area contributed by atoms with Gasteiger partial charge in [-0.25, -0.2) is 14.7 Å². The summed E-state index contributed by atoms with van der Waals surface area (Å²) in [7, 11) is -5.91. The second-order valence-corrected chi connectivity index (χ2v) is 17.5. The molecule has 0 bridgehead atoms. The lowest BCUT2D eigenvalue weighted by Gasteiger charge is -2.49. The minimum atomic E-state index is -3.87. The Bertz CT molecular complexity index is 1420. The molecule has 3 aliphatic heterocycles. The predicted molar refractivity (Wildman–Crippen MR) is 158 cm³/mol. The molecule has 1 unspecified atom stereocenters. The van der Waals surface area contributed by atoms with Crippen LogP contribution in [0.2, 0.25) is 18.1 Å². The van der Waals surface area contributed by atoms with Crippen LogP contribution in [0.15, 0.2) is 35.5 Å². The highest BCUT2D eigenvalue weighted by Crippen LogP contribution is 2.49. The molecule has 0 aliphatic carbocycles. The molecule has 0 spiro atoms. The number of fused-ring (bicyclic) bond motifs is 1. The molecule has 3 heterocycles. The smallest absolute Gasteiger partial charge is 0.362 e. The fourth-order valence-corrected chi connectivity index (χ4v) is 10.0. The van der Waals surface area contributed by atoms with E-state index in [1.165, 1.54) is 17.0 Å². The van der Waals surface area contributed by atoms with Crippen LogP contribution >= 0.6 is 0 Å². The molecule has 0 saturated carbocycles. The van der Waals surface area contributed by atoms with Gasteiger partial charge < -0.3 is 14.1 Å². The Balaban J connectivity index is 1.57. The Morgan fingerprint density at radius 2 is 1.72 bits per heavy atom. The fourth-order valence-electron chi connectivity index (χ4n) is 6.45. The Labute approximate surface area is 252 Å². The van der Waals surface area contributed by atoms with E-state index in [9.17, 15) is 32.9 Å². The SMILES string of the molecule is CC[Si](CC)(CC)O[C@H](C)C1C(=O)N2C(C(=O)OC(=O)c3ccc([N+](=O)[O-])cc3)=C(CN3CC(NS(N)(=O)=O)C3)[C@H](C)[C@H]12. The molecule has 0 aromatic heterocycles. The average Bonchev–Trinajstić information content (AvgIpc) is 3.17. The van der Waals surface area contributed by atoms with E-state index in [0.717, 1.165) is 30.3 Å².